The first-order valence-electron chi connectivity index (χ1n) is 8.22. The summed E-state index contributed by atoms with van der Waals surface area (Å²) in [6.45, 7) is 0. The summed E-state index contributed by atoms with van der Waals surface area (Å²) >= 11 is 5.71. The zero-order valence-electron chi connectivity index (χ0n) is 13.8. The van der Waals surface area contributed by atoms with Gasteiger partial charge in [0.1, 0.15) is 5.82 Å². The van der Waals surface area contributed by atoms with Crippen LogP contribution in [0.15, 0.2) is 54.6 Å². The van der Waals surface area contributed by atoms with Gasteiger partial charge in [-0.15, -0.1) is 0 Å². The van der Waals surface area contributed by atoms with Crippen molar-refractivity contribution in [3.63, 3.8) is 0 Å². The lowest BCUT2D eigenvalue weighted by Crippen LogP contribution is -2.33. The fraction of sp³-hybridized carbons (Fsp3) is 0.200. The molecular formula is C20H17ClFNO3. The molecule has 0 heterocycles. The normalized spacial score (nSPS) is 14.8. The predicted molar refractivity (Wildman–Crippen MR) is 96.9 cm³/mol. The number of nitrogens with one attached hydrogen (secondary N) is 1. The summed E-state index contributed by atoms with van der Waals surface area (Å²) < 4.78 is 18.5. The van der Waals surface area contributed by atoms with E-state index in [0.717, 1.165) is 12.8 Å². The van der Waals surface area contributed by atoms with Crippen LogP contribution in [-0.2, 0) is 14.3 Å². The Labute approximate surface area is 155 Å². The minimum Gasteiger partial charge on any atom is -0.444 e. The number of carbonyl (C=O) groups is 2. The van der Waals surface area contributed by atoms with Gasteiger partial charge in [0.25, 0.3) is 5.91 Å². The van der Waals surface area contributed by atoms with Crippen LogP contribution >= 0.6 is 11.6 Å². The van der Waals surface area contributed by atoms with Gasteiger partial charge in [-0.2, -0.15) is 0 Å². The molecular weight excluding hydrogens is 357 g/mol. The van der Waals surface area contributed by atoms with Crippen LogP contribution in [-0.4, -0.2) is 17.9 Å². The Bertz CT molecular complexity index is 834. The summed E-state index contributed by atoms with van der Waals surface area (Å²) in [6.07, 6.45) is 3.49. The number of halogens is 2. The Morgan fingerprint density at radius 3 is 2.58 bits per heavy atom. The molecule has 0 aromatic heterocycles. The number of esters is 1. The summed E-state index contributed by atoms with van der Waals surface area (Å²) in [5.41, 5.74) is 1.14. The Kier molecular flexibility index (Phi) is 5.68. The molecule has 1 fully saturated rings. The van der Waals surface area contributed by atoms with E-state index in [0.29, 0.717) is 11.1 Å². The van der Waals surface area contributed by atoms with Crippen molar-refractivity contribution in [3.8, 4) is 0 Å². The summed E-state index contributed by atoms with van der Waals surface area (Å²) in [5, 5.41) is 2.81. The highest BCUT2D eigenvalue weighted by Crippen LogP contribution is 2.23. The minimum absolute atomic E-state index is 0.0357. The molecule has 26 heavy (non-hydrogen) atoms. The van der Waals surface area contributed by atoms with E-state index in [-0.39, 0.29) is 17.0 Å². The van der Waals surface area contributed by atoms with E-state index < -0.39 is 17.9 Å². The van der Waals surface area contributed by atoms with E-state index >= 15 is 0 Å². The van der Waals surface area contributed by atoms with E-state index in [2.05, 4.69) is 5.32 Å². The van der Waals surface area contributed by atoms with Crippen molar-refractivity contribution in [1.29, 1.82) is 0 Å². The maximum Gasteiger partial charge on any atom is 0.331 e. The molecule has 2 aromatic carbocycles. The van der Waals surface area contributed by atoms with Crippen molar-refractivity contribution < 1.29 is 18.7 Å². The third-order valence-electron chi connectivity index (χ3n) is 3.85. The number of amides is 1. The molecule has 0 spiro atoms. The third kappa shape index (κ3) is 4.92. The van der Waals surface area contributed by atoms with Crippen molar-refractivity contribution in [3.05, 3.63) is 76.6 Å². The van der Waals surface area contributed by atoms with Crippen molar-refractivity contribution in [1.82, 2.24) is 5.32 Å². The van der Waals surface area contributed by atoms with Gasteiger partial charge in [-0.1, -0.05) is 48.0 Å². The summed E-state index contributed by atoms with van der Waals surface area (Å²) in [4.78, 5) is 24.6. The van der Waals surface area contributed by atoms with Crippen molar-refractivity contribution >= 4 is 29.6 Å². The molecule has 1 atom stereocenters. The number of rotatable bonds is 6. The second-order valence-corrected chi connectivity index (χ2v) is 6.42. The minimum atomic E-state index is -1.02. The van der Waals surface area contributed by atoms with E-state index in [1.54, 1.807) is 24.3 Å². The average Bonchev–Trinajstić information content (AvgIpc) is 3.45. The van der Waals surface area contributed by atoms with Gasteiger partial charge >= 0.3 is 5.97 Å². The van der Waals surface area contributed by atoms with Gasteiger partial charge in [-0.3, -0.25) is 4.79 Å². The lowest BCUT2D eigenvalue weighted by atomic mass is 10.1. The zero-order chi connectivity index (χ0) is 18.5. The van der Waals surface area contributed by atoms with E-state index in [1.807, 2.05) is 6.07 Å². The summed E-state index contributed by atoms with van der Waals surface area (Å²) in [6, 6.07) is 13.1. The third-order valence-corrected chi connectivity index (χ3v) is 4.14. The van der Waals surface area contributed by atoms with Crippen LogP contribution in [0.25, 0.3) is 6.08 Å². The quantitative estimate of drug-likeness (QED) is 0.613. The molecule has 0 aliphatic heterocycles. The predicted octanol–water partition coefficient (Wildman–Crippen LogP) is 4.06. The van der Waals surface area contributed by atoms with Crippen LogP contribution in [0.1, 0.15) is 30.1 Å². The molecule has 2 aromatic rings. The van der Waals surface area contributed by atoms with Gasteiger partial charge in [0.05, 0.1) is 5.02 Å². The molecule has 1 aliphatic rings. The van der Waals surface area contributed by atoms with Crippen molar-refractivity contribution in [2.75, 3.05) is 0 Å². The highest BCUT2D eigenvalue weighted by Gasteiger charge is 2.30. The first-order valence-corrected chi connectivity index (χ1v) is 8.60. The molecule has 0 radical (unpaired) electrons. The molecule has 1 aliphatic carbocycles. The Balaban J connectivity index is 1.70. The van der Waals surface area contributed by atoms with Crippen molar-refractivity contribution in [2.45, 2.75) is 25.0 Å². The Hall–Kier alpha value is -2.66. The molecule has 0 unspecified atom stereocenters. The van der Waals surface area contributed by atoms with Gasteiger partial charge in [0.2, 0.25) is 6.10 Å². The van der Waals surface area contributed by atoms with Crippen LogP contribution in [0.2, 0.25) is 5.02 Å². The molecule has 4 nitrogen and oxygen atoms in total. The molecule has 0 saturated heterocycles. The number of hydrogen-bond donors (Lipinski definition) is 1. The number of carbonyl (C=O) groups excluding carboxylic acids is 2. The van der Waals surface area contributed by atoms with Crippen LogP contribution < -0.4 is 5.32 Å². The molecule has 1 saturated carbocycles. The fourth-order valence-corrected chi connectivity index (χ4v) is 2.53. The monoisotopic (exact) mass is 373 g/mol. The molecule has 134 valence electrons. The van der Waals surface area contributed by atoms with Gasteiger partial charge in [0, 0.05) is 17.7 Å². The molecule has 0 bridgehead atoms. The van der Waals surface area contributed by atoms with Crippen molar-refractivity contribution in [2.24, 2.45) is 0 Å². The fourth-order valence-electron chi connectivity index (χ4n) is 2.34. The zero-order valence-corrected chi connectivity index (χ0v) is 14.6. The van der Waals surface area contributed by atoms with Gasteiger partial charge in [-0.05, 0) is 36.6 Å². The average molecular weight is 374 g/mol. The number of hydrogen-bond acceptors (Lipinski definition) is 3. The Morgan fingerprint density at radius 1 is 1.19 bits per heavy atom. The first kappa shape index (κ1) is 18.1. The van der Waals surface area contributed by atoms with Crippen LogP contribution in [0.4, 0.5) is 4.39 Å². The maximum absolute atomic E-state index is 13.2. The number of benzene rings is 2. The standard InChI is InChI=1S/C20H17ClFNO3/c21-16-12-13(6-10-17(16)22)7-11-18(24)26-19(14-4-2-1-3-5-14)20(25)23-15-8-9-15/h1-7,10-12,15,19H,8-9H2,(H,23,25)/b11-7+/t19-/m1/s1. The molecule has 1 amide bonds. The smallest absolute Gasteiger partial charge is 0.331 e. The van der Waals surface area contributed by atoms with Gasteiger partial charge < -0.3 is 10.1 Å². The van der Waals surface area contributed by atoms with Gasteiger partial charge in [0.15, 0.2) is 0 Å². The second-order valence-electron chi connectivity index (χ2n) is 6.02. The van der Waals surface area contributed by atoms with E-state index in [9.17, 15) is 14.0 Å². The number of ether oxygens (including phenoxy) is 1. The van der Waals surface area contributed by atoms with E-state index in [1.165, 1.54) is 30.4 Å². The van der Waals surface area contributed by atoms with Crippen LogP contribution in [0.5, 0.6) is 0 Å². The Morgan fingerprint density at radius 2 is 1.92 bits per heavy atom. The topological polar surface area (TPSA) is 55.4 Å². The summed E-state index contributed by atoms with van der Waals surface area (Å²) in [7, 11) is 0. The maximum atomic E-state index is 13.2. The summed E-state index contributed by atoms with van der Waals surface area (Å²) in [5.74, 6) is -1.55. The van der Waals surface area contributed by atoms with Gasteiger partial charge in [-0.25, -0.2) is 9.18 Å². The first-order chi connectivity index (χ1) is 12.5. The lowest BCUT2D eigenvalue weighted by molar-refractivity contribution is -0.151. The lowest BCUT2D eigenvalue weighted by Gasteiger charge is -2.17. The van der Waals surface area contributed by atoms with Crippen LogP contribution in [0.3, 0.4) is 0 Å². The second kappa shape index (κ2) is 8.15. The highest BCUT2D eigenvalue weighted by atomic mass is 35.5. The molecule has 6 heteroatoms. The molecule has 3 rings (SSSR count). The highest BCUT2D eigenvalue weighted by molar-refractivity contribution is 6.30. The van der Waals surface area contributed by atoms with E-state index in [4.69, 9.17) is 16.3 Å². The molecule has 1 N–H and O–H groups in total. The SMILES string of the molecule is O=C(/C=C/c1ccc(F)c(Cl)c1)O[C@@H](C(=O)NC1CC1)c1ccccc1. The van der Waals surface area contributed by atoms with Crippen LogP contribution in [0, 0.1) is 5.82 Å². The largest absolute Gasteiger partial charge is 0.444 e.